The zero-order valence-corrected chi connectivity index (χ0v) is 17.6. The Labute approximate surface area is 169 Å². The van der Waals surface area contributed by atoms with E-state index in [1.807, 2.05) is 0 Å². The molecule has 0 spiro atoms. The largest absolute Gasteiger partial charge is 0.509 e. The Morgan fingerprint density at radius 2 is 0.897 bits per heavy atom. The van der Waals surface area contributed by atoms with Gasteiger partial charge < -0.3 is 33.2 Å². The van der Waals surface area contributed by atoms with Gasteiger partial charge in [0.1, 0.15) is 13.2 Å². The van der Waals surface area contributed by atoms with Crippen LogP contribution in [0.4, 0.5) is 9.59 Å². The van der Waals surface area contributed by atoms with Gasteiger partial charge in [0.05, 0.1) is 25.4 Å². The molecule has 0 bridgehead atoms. The number of hydrogen-bond acceptors (Lipinski definition) is 11. The molecule has 0 aromatic heterocycles. The van der Waals surface area contributed by atoms with Gasteiger partial charge >= 0.3 is 24.2 Å². The van der Waals surface area contributed by atoms with Crippen molar-refractivity contribution in [1.82, 2.24) is 0 Å². The highest BCUT2D eigenvalue weighted by molar-refractivity contribution is 5.77. The van der Waals surface area contributed by atoms with Gasteiger partial charge in [-0.25, -0.2) is 19.2 Å². The predicted octanol–water partition coefficient (Wildman–Crippen LogP) is 1.99. The Morgan fingerprint density at radius 1 is 0.552 bits per heavy atom. The first-order chi connectivity index (χ1) is 13.5. The van der Waals surface area contributed by atoms with E-state index < -0.39 is 36.5 Å². The number of rotatable bonds is 12. The van der Waals surface area contributed by atoms with Gasteiger partial charge in [-0.05, 0) is 41.5 Å². The van der Waals surface area contributed by atoms with Gasteiger partial charge in [-0.2, -0.15) is 0 Å². The van der Waals surface area contributed by atoms with Gasteiger partial charge in [-0.15, -0.1) is 0 Å². The van der Waals surface area contributed by atoms with Gasteiger partial charge in [-0.1, -0.05) is 0 Å². The van der Waals surface area contributed by atoms with Crippen LogP contribution in [0.25, 0.3) is 0 Å². The molecule has 0 aromatic carbocycles. The molecular weight excluding hydrogens is 392 g/mol. The van der Waals surface area contributed by atoms with E-state index in [4.69, 9.17) is 33.2 Å². The quantitative estimate of drug-likeness (QED) is 0.260. The Hall–Kier alpha value is -2.56. The third-order valence-electron chi connectivity index (χ3n) is 2.81. The van der Waals surface area contributed by atoms with Gasteiger partial charge in [-0.3, -0.25) is 0 Å². The molecule has 0 aliphatic rings. The minimum absolute atomic E-state index is 0.00937. The van der Waals surface area contributed by atoms with Gasteiger partial charge in [0.15, 0.2) is 12.2 Å². The summed E-state index contributed by atoms with van der Waals surface area (Å²) >= 11 is 0. The molecule has 168 valence electrons. The normalized spacial score (nSPS) is 12.7. The van der Waals surface area contributed by atoms with Crippen molar-refractivity contribution in [1.29, 1.82) is 0 Å². The maximum Gasteiger partial charge on any atom is 0.509 e. The highest BCUT2D eigenvalue weighted by Crippen LogP contribution is 2.02. The highest BCUT2D eigenvalue weighted by Gasteiger charge is 2.22. The highest BCUT2D eigenvalue weighted by atomic mass is 16.7. The molecule has 0 aromatic rings. The van der Waals surface area contributed by atoms with Crippen molar-refractivity contribution in [2.45, 2.75) is 66.0 Å². The molecule has 0 fully saturated rings. The zero-order valence-electron chi connectivity index (χ0n) is 17.6. The lowest BCUT2D eigenvalue weighted by molar-refractivity contribution is -0.158. The Kier molecular flexibility index (Phi) is 13.2. The van der Waals surface area contributed by atoms with Crippen LogP contribution in [0, 0.1) is 0 Å². The van der Waals surface area contributed by atoms with Gasteiger partial charge in [0.25, 0.3) is 0 Å². The summed E-state index contributed by atoms with van der Waals surface area (Å²) in [6, 6.07) is 0. The average molecular weight is 422 g/mol. The lowest BCUT2D eigenvalue weighted by atomic mass is 10.4. The Morgan fingerprint density at radius 3 is 1.21 bits per heavy atom. The summed E-state index contributed by atoms with van der Waals surface area (Å²) in [5, 5.41) is 0. The molecule has 29 heavy (non-hydrogen) atoms. The van der Waals surface area contributed by atoms with Crippen molar-refractivity contribution in [3.8, 4) is 0 Å². The van der Waals surface area contributed by atoms with Crippen LogP contribution in [-0.2, 0) is 42.7 Å². The van der Waals surface area contributed by atoms with E-state index >= 15 is 0 Å². The molecular formula is C18H30O11. The first-order valence-electron chi connectivity index (χ1n) is 9.18. The summed E-state index contributed by atoms with van der Waals surface area (Å²) in [5.74, 6) is -1.35. The number of carbonyl (C=O) groups excluding carboxylic acids is 4. The van der Waals surface area contributed by atoms with Crippen LogP contribution in [-0.4, -0.2) is 75.1 Å². The van der Waals surface area contributed by atoms with Crippen molar-refractivity contribution >= 4 is 24.2 Å². The summed E-state index contributed by atoms with van der Waals surface area (Å²) in [7, 11) is 0. The van der Waals surface area contributed by atoms with Gasteiger partial charge in [0.2, 0.25) is 0 Å². The van der Waals surface area contributed by atoms with E-state index in [9.17, 15) is 19.2 Å². The zero-order chi connectivity index (χ0) is 22.4. The van der Waals surface area contributed by atoms with Gasteiger partial charge in [0, 0.05) is 0 Å². The number of hydrogen-bond donors (Lipinski definition) is 0. The van der Waals surface area contributed by atoms with E-state index in [2.05, 4.69) is 0 Å². The molecule has 0 heterocycles. The molecule has 0 amide bonds. The maximum absolute atomic E-state index is 11.5. The SMILES string of the molecule is CC(C)OC(=O)[C@@H](C)OC(=O)OCCOCCOC(=O)O[C@H](C)C(=O)OC(C)C. The second-order valence-corrected chi connectivity index (χ2v) is 6.30. The van der Waals surface area contributed by atoms with E-state index in [1.165, 1.54) is 13.8 Å². The molecule has 11 nitrogen and oxygen atoms in total. The summed E-state index contributed by atoms with van der Waals surface area (Å²) in [6.07, 6.45) is -4.91. The monoisotopic (exact) mass is 422 g/mol. The van der Waals surface area contributed by atoms with Crippen molar-refractivity contribution in [2.24, 2.45) is 0 Å². The first-order valence-corrected chi connectivity index (χ1v) is 9.18. The third kappa shape index (κ3) is 14.1. The summed E-state index contributed by atoms with van der Waals surface area (Å²) < 4.78 is 33.8. The van der Waals surface area contributed by atoms with Crippen molar-refractivity contribution in [2.75, 3.05) is 26.4 Å². The summed E-state index contributed by atoms with van der Waals surface area (Å²) in [6.45, 7) is 9.17. The predicted molar refractivity (Wildman–Crippen MR) is 97.1 cm³/mol. The number of ether oxygens (including phenoxy) is 7. The fourth-order valence-corrected chi connectivity index (χ4v) is 1.58. The third-order valence-corrected chi connectivity index (χ3v) is 2.81. The van der Waals surface area contributed by atoms with Crippen LogP contribution in [0.1, 0.15) is 41.5 Å². The fourth-order valence-electron chi connectivity index (χ4n) is 1.58. The van der Waals surface area contributed by atoms with E-state index in [1.54, 1.807) is 27.7 Å². The number of esters is 2. The molecule has 0 rings (SSSR count). The fraction of sp³-hybridized carbons (Fsp3) is 0.778. The van der Waals surface area contributed by atoms with Crippen LogP contribution in [0.15, 0.2) is 0 Å². The molecule has 0 saturated heterocycles. The van der Waals surface area contributed by atoms with Crippen molar-refractivity contribution in [3.05, 3.63) is 0 Å². The van der Waals surface area contributed by atoms with Crippen molar-refractivity contribution in [3.63, 3.8) is 0 Å². The second-order valence-electron chi connectivity index (χ2n) is 6.30. The Balaban J connectivity index is 3.77. The summed E-state index contributed by atoms with van der Waals surface area (Å²) in [4.78, 5) is 45.8. The maximum atomic E-state index is 11.5. The molecule has 11 heteroatoms. The van der Waals surface area contributed by atoms with E-state index in [0.29, 0.717) is 0 Å². The topological polar surface area (TPSA) is 133 Å². The van der Waals surface area contributed by atoms with E-state index in [0.717, 1.165) is 0 Å². The van der Waals surface area contributed by atoms with Crippen LogP contribution >= 0.6 is 0 Å². The molecule has 0 unspecified atom stereocenters. The molecule has 2 atom stereocenters. The van der Waals surface area contributed by atoms with Crippen molar-refractivity contribution < 1.29 is 52.3 Å². The first kappa shape index (κ1) is 26.4. The van der Waals surface area contributed by atoms with Crippen LogP contribution in [0.3, 0.4) is 0 Å². The van der Waals surface area contributed by atoms with Crippen LogP contribution < -0.4 is 0 Å². The molecule has 0 aliphatic heterocycles. The molecule has 0 N–H and O–H groups in total. The lowest BCUT2D eigenvalue weighted by Gasteiger charge is -2.15. The summed E-state index contributed by atoms with van der Waals surface area (Å²) in [5.41, 5.74) is 0. The van der Waals surface area contributed by atoms with E-state index in [-0.39, 0.29) is 38.6 Å². The minimum Gasteiger partial charge on any atom is -0.460 e. The number of carbonyl (C=O) groups is 4. The smallest absolute Gasteiger partial charge is 0.460 e. The standard InChI is InChI=1S/C18H30O11/c1-11(2)26-15(19)13(5)28-17(21)24-9-7-23-8-10-25-18(22)29-14(6)16(20)27-12(3)4/h11-14H,7-10H2,1-6H3/t13-,14-/m1/s1. The van der Waals surface area contributed by atoms with Crippen LogP contribution in [0.2, 0.25) is 0 Å². The molecule has 0 saturated carbocycles. The minimum atomic E-state index is -1.09. The van der Waals surface area contributed by atoms with Crippen LogP contribution in [0.5, 0.6) is 0 Å². The molecule has 0 aliphatic carbocycles. The second kappa shape index (κ2) is 14.4. The Bertz CT molecular complexity index is 484. The molecule has 0 radical (unpaired) electrons. The average Bonchev–Trinajstić information content (AvgIpc) is 2.59. The lowest BCUT2D eigenvalue weighted by Crippen LogP contribution is -2.29.